The molecule has 2 atom stereocenters. The van der Waals surface area contributed by atoms with Gasteiger partial charge in [-0.05, 0) is 30.2 Å². The Labute approximate surface area is 112 Å². The molecule has 0 saturated heterocycles. The molecule has 0 aromatic heterocycles. The highest BCUT2D eigenvalue weighted by Gasteiger charge is 2.19. The zero-order chi connectivity index (χ0) is 12.8. The number of halogens is 2. The molecule has 0 heterocycles. The number of esters is 1. The number of hydrogen-bond donors (Lipinski definition) is 1. The number of benzene rings is 1. The number of methoxy groups -OCH3 is 1. The van der Waals surface area contributed by atoms with Crippen molar-refractivity contribution in [2.24, 2.45) is 5.73 Å². The van der Waals surface area contributed by atoms with Crippen LogP contribution in [0, 0.1) is 0 Å². The van der Waals surface area contributed by atoms with Crippen LogP contribution in [-0.2, 0) is 9.53 Å². The van der Waals surface area contributed by atoms with Crippen LogP contribution in [0.3, 0.4) is 0 Å². The minimum Gasteiger partial charge on any atom is -0.464 e. The lowest BCUT2D eigenvalue weighted by Crippen LogP contribution is -2.23. The molecular weight excluding hydrogens is 261 g/mol. The van der Waals surface area contributed by atoms with Gasteiger partial charge < -0.3 is 15.2 Å². The largest absolute Gasteiger partial charge is 0.464 e. The van der Waals surface area contributed by atoms with Crippen molar-refractivity contribution in [1.29, 1.82) is 0 Å². The highest BCUT2D eigenvalue weighted by molar-refractivity contribution is 5.85. The Morgan fingerprint density at radius 1 is 1.39 bits per heavy atom. The maximum absolute atomic E-state index is 13.1. The van der Waals surface area contributed by atoms with Crippen LogP contribution in [0.1, 0.15) is 18.4 Å². The van der Waals surface area contributed by atoms with Gasteiger partial charge in [-0.2, -0.15) is 4.39 Å². The Morgan fingerprint density at radius 3 is 2.39 bits per heavy atom. The first-order valence-electron chi connectivity index (χ1n) is 5.27. The predicted octanol–water partition coefficient (Wildman–Crippen LogP) is 2.02. The molecule has 6 heteroatoms. The van der Waals surface area contributed by atoms with Gasteiger partial charge in [0.25, 0.3) is 0 Å². The summed E-state index contributed by atoms with van der Waals surface area (Å²) in [5.41, 5.74) is 6.56. The van der Waals surface area contributed by atoms with E-state index in [1.807, 2.05) is 6.92 Å². The first-order valence-corrected chi connectivity index (χ1v) is 5.27. The van der Waals surface area contributed by atoms with E-state index >= 15 is 0 Å². The van der Waals surface area contributed by atoms with E-state index in [0.717, 1.165) is 12.7 Å². The summed E-state index contributed by atoms with van der Waals surface area (Å²) in [7, 11) is 1.10. The molecule has 18 heavy (non-hydrogen) atoms. The Bertz CT molecular complexity index is 372. The fraction of sp³-hybridized carbons (Fsp3) is 0.417. The molecule has 2 unspecified atom stereocenters. The molecule has 0 aliphatic rings. The van der Waals surface area contributed by atoms with E-state index in [4.69, 9.17) is 10.5 Å². The van der Waals surface area contributed by atoms with Crippen molar-refractivity contribution in [2.75, 3.05) is 13.7 Å². The lowest BCUT2D eigenvalue weighted by Gasteiger charge is -2.12. The molecule has 0 bridgehead atoms. The van der Waals surface area contributed by atoms with Crippen LogP contribution in [0.5, 0.6) is 5.75 Å². The Morgan fingerprint density at radius 2 is 1.94 bits per heavy atom. The number of ether oxygens (including phenoxy) is 2. The van der Waals surface area contributed by atoms with E-state index < -0.39 is 12.3 Å². The van der Waals surface area contributed by atoms with Crippen LogP contribution < -0.4 is 10.5 Å². The number of nitrogens with two attached hydrogens (primary N) is 1. The summed E-state index contributed by atoms with van der Waals surface area (Å²) >= 11 is 0. The summed E-state index contributed by atoms with van der Waals surface area (Å²) in [5, 5.41) is 0. The Hall–Kier alpha value is -1.33. The predicted molar refractivity (Wildman–Crippen MR) is 68.7 cm³/mol. The molecule has 1 rings (SSSR count). The third-order valence-electron chi connectivity index (χ3n) is 2.43. The average molecular weight is 278 g/mol. The number of rotatable bonds is 5. The van der Waals surface area contributed by atoms with Crippen molar-refractivity contribution >= 4 is 18.4 Å². The fourth-order valence-electron chi connectivity index (χ4n) is 1.27. The van der Waals surface area contributed by atoms with Gasteiger partial charge in [-0.25, -0.2) is 4.79 Å². The van der Waals surface area contributed by atoms with Crippen LogP contribution in [0.25, 0.3) is 0 Å². The van der Waals surface area contributed by atoms with E-state index in [1.54, 1.807) is 24.3 Å². The molecule has 0 fully saturated rings. The van der Waals surface area contributed by atoms with Crippen LogP contribution >= 0.6 is 12.4 Å². The van der Waals surface area contributed by atoms with Crippen molar-refractivity contribution < 1.29 is 18.7 Å². The minimum absolute atomic E-state index is 0. The van der Waals surface area contributed by atoms with Crippen LogP contribution in [0.2, 0.25) is 0 Å². The molecule has 102 valence electrons. The average Bonchev–Trinajstić information content (AvgIpc) is 2.37. The molecule has 0 radical (unpaired) electrons. The van der Waals surface area contributed by atoms with E-state index in [0.29, 0.717) is 6.54 Å². The SMILES string of the molecule is COC(=O)C(F)Oc1ccc(C(C)CN)cc1.Cl. The maximum atomic E-state index is 13.1. The van der Waals surface area contributed by atoms with Gasteiger partial charge in [-0.1, -0.05) is 19.1 Å². The zero-order valence-corrected chi connectivity index (χ0v) is 11.1. The van der Waals surface area contributed by atoms with Gasteiger partial charge in [0, 0.05) is 0 Å². The Balaban J connectivity index is 0.00000289. The molecule has 0 spiro atoms. The third-order valence-corrected chi connectivity index (χ3v) is 2.43. The summed E-state index contributed by atoms with van der Waals surface area (Å²) in [6, 6.07) is 6.77. The normalized spacial score (nSPS) is 13.1. The van der Waals surface area contributed by atoms with E-state index in [1.165, 1.54) is 0 Å². The van der Waals surface area contributed by atoms with E-state index in [9.17, 15) is 9.18 Å². The van der Waals surface area contributed by atoms with Crippen LogP contribution in [0.15, 0.2) is 24.3 Å². The Kier molecular flexibility index (Phi) is 7.31. The molecular formula is C12H17ClFNO3. The second kappa shape index (κ2) is 7.89. The topological polar surface area (TPSA) is 61.5 Å². The summed E-state index contributed by atoms with van der Waals surface area (Å²) in [5.74, 6) is -0.550. The van der Waals surface area contributed by atoms with Crippen LogP contribution in [-0.4, -0.2) is 26.0 Å². The molecule has 1 aromatic carbocycles. The van der Waals surface area contributed by atoms with Crippen molar-refractivity contribution in [2.45, 2.75) is 19.2 Å². The van der Waals surface area contributed by atoms with Gasteiger partial charge in [0.05, 0.1) is 7.11 Å². The van der Waals surface area contributed by atoms with Gasteiger partial charge in [0.1, 0.15) is 5.75 Å². The molecule has 2 N–H and O–H groups in total. The quantitative estimate of drug-likeness (QED) is 0.837. The lowest BCUT2D eigenvalue weighted by atomic mass is 10.0. The first-order chi connectivity index (χ1) is 8.08. The summed E-state index contributed by atoms with van der Waals surface area (Å²) in [4.78, 5) is 10.8. The second-order valence-corrected chi connectivity index (χ2v) is 3.66. The fourth-order valence-corrected chi connectivity index (χ4v) is 1.27. The number of carbonyl (C=O) groups excluding carboxylic acids is 1. The standard InChI is InChI=1S/C12H16FNO3.ClH/c1-8(7-14)9-3-5-10(6-4-9)17-11(13)12(15)16-2;/h3-6,8,11H,7,14H2,1-2H3;1H. The summed E-state index contributed by atoms with van der Waals surface area (Å²) in [6.45, 7) is 2.52. The van der Waals surface area contributed by atoms with Gasteiger partial charge >= 0.3 is 12.3 Å². The summed E-state index contributed by atoms with van der Waals surface area (Å²) < 4.78 is 22.1. The van der Waals surface area contributed by atoms with Gasteiger partial charge in [-0.3, -0.25) is 0 Å². The molecule has 0 aliphatic heterocycles. The minimum atomic E-state index is -2.10. The lowest BCUT2D eigenvalue weighted by molar-refractivity contribution is -0.157. The van der Waals surface area contributed by atoms with Crippen molar-refractivity contribution in [3.63, 3.8) is 0 Å². The molecule has 0 aliphatic carbocycles. The van der Waals surface area contributed by atoms with E-state index in [-0.39, 0.29) is 24.1 Å². The zero-order valence-electron chi connectivity index (χ0n) is 10.3. The number of carbonyl (C=O) groups is 1. The highest BCUT2D eigenvalue weighted by Crippen LogP contribution is 2.19. The molecule has 4 nitrogen and oxygen atoms in total. The maximum Gasteiger partial charge on any atom is 0.380 e. The van der Waals surface area contributed by atoms with E-state index in [2.05, 4.69) is 4.74 Å². The molecule has 1 aromatic rings. The van der Waals surface area contributed by atoms with Gasteiger partial charge in [0.15, 0.2) is 0 Å². The first kappa shape index (κ1) is 16.7. The highest BCUT2D eigenvalue weighted by atomic mass is 35.5. The van der Waals surface area contributed by atoms with Gasteiger partial charge in [-0.15, -0.1) is 12.4 Å². The van der Waals surface area contributed by atoms with Gasteiger partial charge in [0.2, 0.25) is 0 Å². The van der Waals surface area contributed by atoms with Crippen molar-refractivity contribution in [1.82, 2.24) is 0 Å². The smallest absolute Gasteiger partial charge is 0.380 e. The van der Waals surface area contributed by atoms with Crippen molar-refractivity contribution in [3.05, 3.63) is 29.8 Å². The third kappa shape index (κ3) is 4.50. The van der Waals surface area contributed by atoms with Crippen LogP contribution in [0.4, 0.5) is 4.39 Å². The summed E-state index contributed by atoms with van der Waals surface area (Å²) in [6.07, 6.45) is -2.10. The molecule has 0 saturated carbocycles. The monoisotopic (exact) mass is 277 g/mol. The van der Waals surface area contributed by atoms with Crippen molar-refractivity contribution in [3.8, 4) is 5.75 Å². The molecule has 0 amide bonds. The number of hydrogen-bond acceptors (Lipinski definition) is 4. The second-order valence-electron chi connectivity index (χ2n) is 3.66. The number of alkyl halides is 1.